The summed E-state index contributed by atoms with van der Waals surface area (Å²) >= 11 is 1.55. The average molecular weight is 428 g/mol. The number of halogens is 1. The molecule has 1 fully saturated rings. The first-order valence-corrected chi connectivity index (χ1v) is 10.8. The van der Waals surface area contributed by atoms with Crippen molar-refractivity contribution in [1.82, 2.24) is 4.90 Å². The summed E-state index contributed by atoms with van der Waals surface area (Å²) in [5.41, 5.74) is 7.31. The maximum Gasteiger partial charge on any atom is 0.242 e. The number of thioether (sulfide) groups is 1. The van der Waals surface area contributed by atoms with E-state index in [9.17, 15) is 14.4 Å². The van der Waals surface area contributed by atoms with Crippen molar-refractivity contribution >= 4 is 17.7 Å². The highest BCUT2D eigenvalue weighted by molar-refractivity contribution is 7.99. The number of para-hydroxylation sites is 1. The van der Waals surface area contributed by atoms with Gasteiger partial charge >= 0.3 is 0 Å². The van der Waals surface area contributed by atoms with Crippen LogP contribution in [0.3, 0.4) is 0 Å². The van der Waals surface area contributed by atoms with Gasteiger partial charge in [0.1, 0.15) is 23.7 Å². The topological polar surface area (TPSA) is 79.3 Å². The number of rotatable bonds is 7. The molecule has 158 valence electrons. The van der Waals surface area contributed by atoms with E-state index >= 15 is 0 Å². The van der Waals surface area contributed by atoms with Crippen LogP contribution >= 0.6 is 11.8 Å². The van der Waals surface area contributed by atoms with Crippen molar-refractivity contribution in [3.63, 3.8) is 0 Å². The molecule has 0 spiro atoms. The third-order valence-electron chi connectivity index (χ3n) is 5.19. The lowest BCUT2D eigenvalue weighted by Gasteiger charge is -2.33. The van der Waals surface area contributed by atoms with Crippen molar-refractivity contribution in [2.45, 2.75) is 49.0 Å². The number of hydrogen-bond donors (Lipinski definition) is 1. The van der Waals surface area contributed by atoms with Crippen molar-refractivity contribution in [2.75, 3.05) is 6.54 Å². The Kier molecular flexibility index (Phi) is 7.01. The van der Waals surface area contributed by atoms with E-state index in [1.165, 1.54) is 4.90 Å². The van der Waals surface area contributed by atoms with Crippen LogP contribution in [-0.4, -0.2) is 40.4 Å². The van der Waals surface area contributed by atoms with E-state index in [1.807, 2.05) is 74.5 Å². The van der Waals surface area contributed by atoms with Crippen LogP contribution < -0.4 is 10.5 Å². The van der Waals surface area contributed by atoms with Gasteiger partial charge in [-0.1, -0.05) is 30.3 Å². The molecule has 30 heavy (non-hydrogen) atoms. The molecule has 1 heterocycles. The summed E-state index contributed by atoms with van der Waals surface area (Å²) in [6.07, 6.45) is -1.12. The molecule has 1 aliphatic rings. The molecule has 1 amide bonds. The second-order valence-corrected chi connectivity index (χ2v) is 9.53. The summed E-state index contributed by atoms with van der Waals surface area (Å²) in [5, 5.41) is 9.20. The van der Waals surface area contributed by atoms with Gasteiger partial charge in [-0.15, -0.1) is 11.8 Å². The fourth-order valence-electron chi connectivity index (χ4n) is 3.31. The summed E-state index contributed by atoms with van der Waals surface area (Å²) in [6, 6.07) is 17.7. The van der Waals surface area contributed by atoms with Gasteiger partial charge in [-0.25, -0.2) is 4.39 Å². The van der Waals surface area contributed by atoms with Crippen LogP contribution in [0.15, 0.2) is 54.6 Å². The molecule has 3 atom stereocenters. The summed E-state index contributed by atoms with van der Waals surface area (Å²) < 4.78 is 19.0. The van der Waals surface area contributed by atoms with Gasteiger partial charge in [0.2, 0.25) is 5.91 Å². The van der Waals surface area contributed by atoms with Gasteiger partial charge in [-0.2, -0.15) is 5.26 Å². The van der Waals surface area contributed by atoms with Gasteiger partial charge in [0.15, 0.2) is 0 Å². The summed E-state index contributed by atoms with van der Waals surface area (Å²) in [7, 11) is 0. The molecule has 0 radical (unpaired) electrons. The van der Waals surface area contributed by atoms with Gasteiger partial charge in [0.05, 0.1) is 18.7 Å². The van der Waals surface area contributed by atoms with Crippen molar-refractivity contribution in [3.05, 3.63) is 60.2 Å². The number of carbonyl (C=O) groups is 1. The second-order valence-electron chi connectivity index (χ2n) is 7.90. The Hall–Kier alpha value is -2.56. The van der Waals surface area contributed by atoms with E-state index in [0.29, 0.717) is 5.75 Å². The molecule has 7 heteroatoms. The molecule has 0 saturated carbocycles. The van der Waals surface area contributed by atoms with Crippen molar-refractivity contribution in [1.29, 1.82) is 5.26 Å². The number of hydrogen-bond acceptors (Lipinski definition) is 5. The van der Waals surface area contributed by atoms with E-state index in [1.54, 1.807) is 11.8 Å². The lowest BCUT2D eigenvalue weighted by Crippen LogP contribution is -2.54. The Morgan fingerprint density at radius 1 is 1.30 bits per heavy atom. The highest BCUT2D eigenvalue weighted by atomic mass is 32.2. The minimum atomic E-state index is -1.17. The predicted molar refractivity (Wildman–Crippen MR) is 117 cm³/mol. The van der Waals surface area contributed by atoms with Gasteiger partial charge in [-0.05, 0) is 43.7 Å². The molecule has 3 rings (SSSR count). The third kappa shape index (κ3) is 5.32. The molecule has 5 nitrogen and oxygen atoms in total. The zero-order chi connectivity index (χ0) is 21.7. The zero-order valence-electron chi connectivity index (χ0n) is 17.1. The van der Waals surface area contributed by atoms with Crippen molar-refractivity contribution < 1.29 is 13.9 Å². The minimum Gasteiger partial charge on any atom is -0.457 e. The molecule has 1 unspecified atom stereocenters. The van der Waals surface area contributed by atoms with Crippen LogP contribution in [-0.2, 0) is 10.5 Å². The van der Waals surface area contributed by atoms with E-state index < -0.39 is 23.0 Å². The molecular formula is C23H26FN3O2S. The summed E-state index contributed by atoms with van der Waals surface area (Å²) in [5.74, 6) is 1.76. The summed E-state index contributed by atoms with van der Waals surface area (Å²) in [4.78, 5) is 14.1. The Bertz CT molecular complexity index is 916. The van der Waals surface area contributed by atoms with E-state index in [4.69, 9.17) is 10.5 Å². The van der Waals surface area contributed by atoms with Crippen molar-refractivity contribution in [2.24, 2.45) is 5.73 Å². The highest BCUT2D eigenvalue weighted by Crippen LogP contribution is 2.33. The Labute approximate surface area is 181 Å². The van der Waals surface area contributed by atoms with Crippen LogP contribution in [0.5, 0.6) is 11.5 Å². The highest BCUT2D eigenvalue weighted by Gasteiger charge is 2.42. The maximum atomic E-state index is 13.7. The molecule has 2 aromatic carbocycles. The first-order chi connectivity index (χ1) is 14.3. The molecule has 0 bridgehead atoms. The minimum absolute atomic E-state index is 0.0523. The third-order valence-corrected chi connectivity index (χ3v) is 6.66. The second kappa shape index (κ2) is 9.50. The first-order valence-electron chi connectivity index (χ1n) is 9.85. The standard InChI is InChI=1S/C23H26FN3O2S/c1-23(2,21(26)22(28)27-14-17(24)12-18(27)13-25)30-15-16-7-6-10-20(11-16)29-19-8-4-3-5-9-19/h3-11,17-18,21H,12,14-15,26H2,1-2H3/t17-,18-,21?/m0/s1. The summed E-state index contributed by atoms with van der Waals surface area (Å²) in [6.45, 7) is 3.73. The smallest absolute Gasteiger partial charge is 0.242 e. The predicted octanol–water partition coefficient (Wildman–Crippen LogP) is 4.28. The normalized spacial score (nSPS) is 19.9. The Morgan fingerprint density at radius 2 is 2.00 bits per heavy atom. The first kappa shape index (κ1) is 22.1. The van der Waals surface area contributed by atoms with Crippen LogP contribution in [0, 0.1) is 11.3 Å². The molecule has 1 saturated heterocycles. The maximum absolute atomic E-state index is 13.7. The van der Waals surface area contributed by atoms with Crippen LogP contribution in [0.2, 0.25) is 0 Å². The number of nitrogens with zero attached hydrogens (tertiary/aromatic N) is 2. The lowest BCUT2D eigenvalue weighted by atomic mass is 10.0. The number of nitriles is 1. The van der Waals surface area contributed by atoms with Crippen molar-refractivity contribution in [3.8, 4) is 17.6 Å². The Balaban J connectivity index is 1.62. The zero-order valence-corrected chi connectivity index (χ0v) is 17.9. The van der Waals surface area contributed by atoms with E-state index in [2.05, 4.69) is 0 Å². The molecule has 0 aliphatic carbocycles. The van der Waals surface area contributed by atoms with Crippen LogP contribution in [0.25, 0.3) is 0 Å². The SMILES string of the molecule is CC(C)(SCc1cccc(Oc2ccccc2)c1)C(N)C(=O)N1C[C@@H](F)C[C@H]1C#N. The van der Waals surface area contributed by atoms with Gasteiger partial charge < -0.3 is 15.4 Å². The van der Waals surface area contributed by atoms with E-state index in [-0.39, 0.29) is 18.9 Å². The van der Waals surface area contributed by atoms with E-state index in [0.717, 1.165) is 17.1 Å². The number of nitrogens with two attached hydrogens (primary N) is 1. The fourth-order valence-corrected chi connectivity index (χ4v) is 4.31. The lowest BCUT2D eigenvalue weighted by molar-refractivity contribution is -0.133. The number of likely N-dealkylation sites (tertiary alicyclic amines) is 1. The monoisotopic (exact) mass is 427 g/mol. The number of benzene rings is 2. The fraction of sp³-hybridized carbons (Fsp3) is 0.391. The van der Waals surface area contributed by atoms with Crippen LogP contribution in [0.4, 0.5) is 4.39 Å². The molecular weight excluding hydrogens is 401 g/mol. The van der Waals surface area contributed by atoms with Crippen LogP contribution in [0.1, 0.15) is 25.8 Å². The largest absolute Gasteiger partial charge is 0.457 e. The molecule has 1 aliphatic heterocycles. The molecule has 0 aromatic heterocycles. The quantitative estimate of drug-likeness (QED) is 0.713. The number of carbonyl (C=O) groups excluding carboxylic acids is 1. The number of ether oxygens (including phenoxy) is 1. The van der Waals surface area contributed by atoms with Gasteiger partial charge in [0, 0.05) is 16.9 Å². The molecule has 2 aromatic rings. The Morgan fingerprint density at radius 3 is 2.70 bits per heavy atom. The number of alkyl halides is 1. The molecule has 2 N–H and O–H groups in total. The average Bonchev–Trinajstić information content (AvgIpc) is 3.13. The van der Waals surface area contributed by atoms with Gasteiger partial charge in [0.25, 0.3) is 0 Å². The number of amides is 1. The van der Waals surface area contributed by atoms with Gasteiger partial charge in [-0.3, -0.25) is 4.79 Å².